The maximum atomic E-state index is 10.9. The molecule has 1 aromatic carbocycles. The van der Waals surface area contributed by atoms with Gasteiger partial charge >= 0.3 is 0 Å². The average molecular weight is 175 g/mol. The first-order chi connectivity index (χ1) is 6.24. The van der Waals surface area contributed by atoms with Crippen molar-refractivity contribution in [3.8, 4) is 0 Å². The van der Waals surface area contributed by atoms with Crippen molar-refractivity contribution in [1.82, 2.24) is 0 Å². The van der Waals surface area contributed by atoms with Gasteiger partial charge < -0.3 is 0 Å². The molecule has 0 saturated carbocycles. The molecule has 0 aliphatic heterocycles. The van der Waals surface area contributed by atoms with Gasteiger partial charge in [0.05, 0.1) is 0 Å². The second kappa shape index (κ2) is 4.55. The van der Waals surface area contributed by atoms with Gasteiger partial charge in [0.15, 0.2) is 0 Å². The molecule has 13 heavy (non-hydrogen) atoms. The maximum absolute atomic E-state index is 10.9. The largest absolute Gasteiger partial charge is 0.300 e. The van der Waals surface area contributed by atoms with E-state index in [1.165, 1.54) is 0 Å². The summed E-state index contributed by atoms with van der Waals surface area (Å²) in [4.78, 5) is 15.0. The van der Waals surface area contributed by atoms with Crippen LogP contribution < -0.4 is 0 Å². The minimum absolute atomic E-state index is 0.143. The average Bonchev–Trinajstić information content (AvgIpc) is 2.15. The molecule has 0 N–H and O–H groups in total. The van der Waals surface area contributed by atoms with Crippen LogP contribution in [0.1, 0.15) is 18.9 Å². The quantitative estimate of drug-likeness (QED) is 0.647. The molecule has 0 amide bonds. The fraction of sp³-hybridized carbons (Fsp3) is 0.273. The number of benzene rings is 1. The smallest absolute Gasteiger partial charge is 0.135 e. The third kappa shape index (κ3) is 2.82. The van der Waals surface area contributed by atoms with E-state index in [0.29, 0.717) is 6.42 Å². The highest BCUT2D eigenvalue weighted by Gasteiger charge is 2.04. The van der Waals surface area contributed by atoms with Crippen LogP contribution in [0.15, 0.2) is 35.3 Å². The van der Waals surface area contributed by atoms with E-state index >= 15 is 0 Å². The van der Waals surface area contributed by atoms with Crippen molar-refractivity contribution in [3.05, 3.63) is 35.9 Å². The molecule has 0 saturated heterocycles. The first-order valence-corrected chi connectivity index (χ1v) is 4.24. The van der Waals surface area contributed by atoms with Crippen LogP contribution in [-0.4, -0.2) is 18.5 Å². The van der Waals surface area contributed by atoms with E-state index in [4.69, 9.17) is 0 Å². The Hall–Kier alpha value is -1.44. The van der Waals surface area contributed by atoms with E-state index in [1.807, 2.05) is 30.3 Å². The van der Waals surface area contributed by atoms with E-state index < -0.39 is 0 Å². The Morgan fingerprint density at radius 1 is 1.31 bits per heavy atom. The highest BCUT2D eigenvalue weighted by atomic mass is 16.1. The lowest BCUT2D eigenvalue weighted by Crippen LogP contribution is -2.06. The molecule has 0 spiro atoms. The summed E-state index contributed by atoms with van der Waals surface area (Å²) in [6, 6.07) is 9.77. The Balaban J connectivity index is 2.86. The molecule has 0 heterocycles. The van der Waals surface area contributed by atoms with Gasteiger partial charge in [-0.1, -0.05) is 30.3 Å². The molecule has 0 aromatic heterocycles. The van der Waals surface area contributed by atoms with E-state index in [-0.39, 0.29) is 5.78 Å². The Bertz CT molecular complexity index is 314. The zero-order valence-electron chi connectivity index (χ0n) is 7.95. The van der Waals surface area contributed by atoms with Crippen molar-refractivity contribution in [1.29, 1.82) is 0 Å². The summed E-state index contributed by atoms with van der Waals surface area (Å²) in [7, 11) is 1.71. The monoisotopic (exact) mass is 175 g/mol. The number of carbonyl (C=O) groups is 1. The highest BCUT2D eigenvalue weighted by molar-refractivity contribution is 6.10. The number of Topliss-reactive ketones (excluding diaryl/α,β-unsaturated/α-hetero) is 1. The number of hydrogen-bond acceptors (Lipinski definition) is 2. The van der Waals surface area contributed by atoms with E-state index in [0.717, 1.165) is 11.3 Å². The van der Waals surface area contributed by atoms with Crippen LogP contribution in [0.5, 0.6) is 0 Å². The normalized spacial score (nSPS) is 11.4. The van der Waals surface area contributed by atoms with Crippen LogP contribution >= 0.6 is 0 Å². The summed E-state index contributed by atoms with van der Waals surface area (Å²) in [5.74, 6) is 0.143. The number of rotatable bonds is 3. The third-order valence-electron chi connectivity index (χ3n) is 1.79. The van der Waals surface area contributed by atoms with Crippen molar-refractivity contribution in [3.63, 3.8) is 0 Å². The summed E-state index contributed by atoms with van der Waals surface area (Å²) < 4.78 is 0. The second-order valence-electron chi connectivity index (χ2n) is 2.92. The fourth-order valence-corrected chi connectivity index (χ4v) is 1.18. The molecule has 0 fully saturated rings. The van der Waals surface area contributed by atoms with Crippen molar-refractivity contribution in [2.45, 2.75) is 13.3 Å². The summed E-state index contributed by atoms with van der Waals surface area (Å²) in [6.45, 7) is 1.58. The lowest BCUT2D eigenvalue weighted by Gasteiger charge is -2.02. The molecule has 0 bridgehead atoms. The van der Waals surface area contributed by atoms with E-state index in [9.17, 15) is 4.79 Å². The summed E-state index contributed by atoms with van der Waals surface area (Å²) in [5, 5.41) is 0. The predicted octanol–water partition coefficient (Wildman–Crippen LogP) is 2.08. The topological polar surface area (TPSA) is 29.4 Å². The van der Waals surface area contributed by atoms with Crippen molar-refractivity contribution in [2.75, 3.05) is 7.05 Å². The Kier molecular flexibility index (Phi) is 3.38. The van der Waals surface area contributed by atoms with Crippen LogP contribution in [0.4, 0.5) is 0 Å². The van der Waals surface area contributed by atoms with Crippen LogP contribution in [0, 0.1) is 0 Å². The molecule has 0 radical (unpaired) electrons. The Morgan fingerprint density at radius 2 is 1.92 bits per heavy atom. The van der Waals surface area contributed by atoms with E-state index in [2.05, 4.69) is 4.99 Å². The molecule has 0 unspecified atom stereocenters. The van der Waals surface area contributed by atoms with E-state index in [1.54, 1.807) is 14.0 Å². The molecule has 0 atom stereocenters. The van der Waals surface area contributed by atoms with Gasteiger partial charge in [-0.05, 0) is 12.5 Å². The molecule has 0 aliphatic rings. The van der Waals surface area contributed by atoms with Gasteiger partial charge in [0.1, 0.15) is 5.78 Å². The number of nitrogens with zero attached hydrogens (tertiary/aromatic N) is 1. The van der Waals surface area contributed by atoms with Crippen LogP contribution in [0.3, 0.4) is 0 Å². The molecule has 68 valence electrons. The Labute approximate surface area is 78.3 Å². The highest BCUT2D eigenvalue weighted by Crippen LogP contribution is 2.04. The minimum atomic E-state index is 0.143. The minimum Gasteiger partial charge on any atom is -0.300 e. The first-order valence-electron chi connectivity index (χ1n) is 4.24. The van der Waals surface area contributed by atoms with Gasteiger partial charge in [-0.2, -0.15) is 0 Å². The SMILES string of the molecule is CN=C(CC(C)=O)c1ccccc1. The summed E-state index contributed by atoms with van der Waals surface area (Å²) >= 11 is 0. The summed E-state index contributed by atoms with van der Waals surface area (Å²) in [5.41, 5.74) is 1.88. The van der Waals surface area contributed by atoms with Crippen molar-refractivity contribution >= 4 is 11.5 Å². The maximum Gasteiger partial charge on any atom is 0.135 e. The zero-order valence-corrected chi connectivity index (χ0v) is 7.95. The molecular weight excluding hydrogens is 162 g/mol. The van der Waals surface area contributed by atoms with Crippen molar-refractivity contribution in [2.24, 2.45) is 4.99 Å². The van der Waals surface area contributed by atoms with Crippen molar-refractivity contribution < 1.29 is 4.79 Å². The molecule has 1 aromatic rings. The number of hydrogen-bond donors (Lipinski definition) is 0. The third-order valence-corrected chi connectivity index (χ3v) is 1.79. The molecular formula is C11H13NO. The first kappa shape index (κ1) is 9.65. The van der Waals surface area contributed by atoms with Gasteiger partial charge in [0, 0.05) is 19.2 Å². The van der Waals surface area contributed by atoms with Gasteiger partial charge in [0.2, 0.25) is 0 Å². The lowest BCUT2D eigenvalue weighted by atomic mass is 10.1. The Morgan fingerprint density at radius 3 is 2.38 bits per heavy atom. The lowest BCUT2D eigenvalue weighted by molar-refractivity contribution is -0.115. The predicted molar refractivity (Wildman–Crippen MR) is 54.2 cm³/mol. The summed E-state index contributed by atoms with van der Waals surface area (Å²) in [6.07, 6.45) is 0.417. The van der Waals surface area contributed by atoms with Crippen LogP contribution in [0.25, 0.3) is 0 Å². The fourth-order valence-electron chi connectivity index (χ4n) is 1.18. The van der Waals surface area contributed by atoms with Crippen LogP contribution in [-0.2, 0) is 4.79 Å². The number of carbonyl (C=O) groups excluding carboxylic acids is 1. The molecule has 1 rings (SSSR count). The number of aliphatic imine (C=N–C) groups is 1. The standard InChI is InChI=1S/C11H13NO/c1-9(13)8-11(12-2)10-6-4-3-5-7-10/h3-7H,8H2,1-2H3. The van der Waals surface area contributed by atoms with Gasteiger partial charge in [-0.3, -0.25) is 9.79 Å². The van der Waals surface area contributed by atoms with Gasteiger partial charge in [-0.25, -0.2) is 0 Å². The number of ketones is 1. The second-order valence-corrected chi connectivity index (χ2v) is 2.92. The molecule has 2 heteroatoms. The van der Waals surface area contributed by atoms with Crippen LogP contribution in [0.2, 0.25) is 0 Å². The van der Waals surface area contributed by atoms with Gasteiger partial charge in [0.25, 0.3) is 0 Å². The molecule has 0 aliphatic carbocycles. The zero-order chi connectivity index (χ0) is 9.68. The van der Waals surface area contributed by atoms with Gasteiger partial charge in [-0.15, -0.1) is 0 Å². The molecule has 2 nitrogen and oxygen atoms in total.